The number of ether oxygens (including phenoxy) is 1. The number of anilines is 1. The zero-order valence-electron chi connectivity index (χ0n) is 14.3. The summed E-state index contributed by atoms with van der Waals surface area (Å²) in [6.45, 7) is 3.34. The summed E-state index contributed by atoms with van der Waals surface area (Å²) in [5, 5.41) is 13.7. The molecule has 1 N–H and O–H groups in total. The Kier molecular flexibility index (Phi) is 5.37. The van der Waals surface area contributed by atoms with Gasteiger partial charge in [0.25, 0.3) is 0 Å². The number of aromatic nitrogens is 1. The lowest BCUT2D eigenvalue weighted by atomic mass is 9.98. The molecule has 5 nitrogen and oxygen atoms in total. The minimum Gasteiger partial charge on any atom is -0.389 e. The first kappa shape index (κ1) is 16.8. The number of aliphatic hydroxyl groups excluding tert-OH is 1. The fraction of sp³-hybridized carbons (Fsp3) is 0.833. The molecule has 1 aliphatic carbocycles. The van der Waals surface area contributed by atoms with Crippen LogP contribution in [0, 0.1) is 0 Å². The molecule has 0 spiro atoms. The quantitative estimate of drug-likeness (QED) is 0.853. The smallest absolute Gasteiger partial charge is 0.185 e. The molecule has 3 atom stereocenters. The number of fused-ring (bicyclic) bond motifs is 2. The predicted molar refractivity (Wildman–Crippen MR) is 96.7 cm³/mol. The summed E-state index contributed by atoms with van der Waals surface area (Å²) in [4.78, 5) is 9.41. The molecule has 3 aliphatic rings. The van der Waals surface area contributed by atoms with E-state index < -0.39 is 0 Å². The molecule has 3 fully saturated rings. The van der Waals surface area contributed by atoms with E-state index in [1.165, 1.54) is 44.9 Å². The van der Waals surface area contributed by atoms with E-state index in [1.54, 1.807) is 11.3 Å². The molecule has 1 aromatic heterocycles. The van der Waals surface area contributed by atoms with Crippen molar-refractivity contribution in [2.24, 2.45) is 0 Å². The first-order valence-corrected chi connectivity index (χ1v) is 10.4. The zero-order chi connectivity index (χ0) is 16.4. The van der Waals surface area contributed by atoms with Gasteiger partial charge in [0.05, 0.1) is 18.8 Å². The minimum absolute atomic E-state index is 0.360. The van der Waals surface area contributed by atoms with Gasteiger partial charge in [0.1, 0.15) is 0 Å². The lowest BCUT2D eigenvalue weighted by Crippen LogP contribution is -2.56. The van der Waals surface area contributed by atoms with Crippen LogP contribution in [0.15, 0.2) is 11.6 Å². The Morgan fingerprint density at radius 2 is 1.92 bits per heavy atom. The van der Waals surface area contributed by atoms with E-state index in [1.807, 2.05) is 6.20 Å². The first-order valence-electron chi connectivity index (χ1n) is 9.49. The molecule has 134 valence electrons. The topological polar surface area (TPSA) is 48.8 Å². The Balaban J connectivity index is 1.26. The van der Waals surface area contributed by atoms with E-state index in [9.17, 15) is 5.11 Å². The number of rotatable bonds is 6. The standard InChI is InChI=1S/C18H29N3O2S/c22-16(13-23-17-4-2-1-3-5-17)12-21-14-6-7-15(21)11-20(10-14)18-19-8-9-24-18/h8-9,14-17,22H,1-7,10-13H2/t14-,15+,16-/m1/s1. The van der Waals surface area contributed by atoms with Gasteiger partial charge >= 0.3 is 0 Å². The van der Waals surface area contributed by atoms with Crippen molar-refractivity contribution in [2.45, 2.75) is 69.2 Å². The third kappa shape index (κ3) is 3.77. The highest BCUT2D eigenvalue weighted by Crippen LogP contribution is 2.33. The number of hydrogen-bond donors (Lipinski definition) is 1. The second-order valence-electron chi connectivity index (χ2n) is 7.55. The molecule has 0 amide bonds. The minimum atomic E-state index is -0.360. The molecule has 3 heterocycles. The predicted octanol–water partition coefficient (Wildman–Crippen LogP) is 2.51. The summed E-state index contributed by atoms with van der Waals surface area (Å²) in [5.41, 5.74) is 0. The highest BCUT2D eigenvalue weighted by atomic mass is 32.1. The highest BCUT2D eigenvalue weighted by molar-refractivity contribution is 7.13. The third-order valence-electron chi connectivity index (χ3n) is 5.82. The van der Waals surface area contributed by atoms with Crippen LogP contribution in [0.4, 0.5) is 5.13 Å². The number of hydrogen-bond acceptors (Lipinski definition) is 6. The normalized spacial score (nSPS) is 30.0. The highest BCUT2D eigenvalue weighted by Gasteiger charge is 2.41. The van der Waals surface area contributed by atoms with Crippen molar-refractivity contribution in [3.8, 4) is 0 Å². The third-order valence-corrected chi connectivity index (χ3v) is 6.65. The number of aliphatic hydroxyl groups is 1. The average molecular weight is 352 g/mol. The van der Waals surface area contributed by atoms with Gasteiger partial charge in [-0.05, 0) is 25.7 Å². The van der Waals surface area contributed by atoms with Crippen LogP contribution in [-0.2, 0) is 4.74 Å². The molecule has 2 aliphatic heterocycles. The van der Waals surface area contributed by atoms with Gasteiger partial charge < -0.3 is 14.7 Å². The molecule has 1 saturated carbocycles. The molecular weight excluding hydrogens is 322 g/mol. The number of thiazole rings is 1. The van der Waals surface area contributed by atoms with Crippen LogP contribution < -0.4 is 4.90 Å². The van der Waals surface area contributed by atoms with Gasteiger partial charge in [0.15, 0.2) is 5.13 Å². The lowest BCUT2D eigenvalue weighted by molar-refractivity contribution is -0.0389. The number of piperazine rings is 1. The second kappa shape index (κ2) is 7.68. The van der Waals surface area contributed by atoms with Crippen molar-refractivity contribution >= 4 is 16.5 Å². The van der Waals surface area contributed by atoms with Crippen molar-refractivity contribution in [3.63, 3.8) is 0 Å². The van der Waals surface area contributed by atoms with Crippen LogP contribution >= 0.6 is 11.3 Å². The van der Waals surface area contributed by atoms with Gasteiger partial charge in [0, 0.05) is 43.3 Å². The van der Waals surface area contributed by atoms with E-state index in [0.717, 1.165) is 24.8 Å². The van der Waals surface area contributed by atoms with Crippen LogP contribution in [-0.4, -0.2) is 65.5 Å². The Morgan fingerprint density at radius 1 is 1.17 bits per heavy atom. The van der Waals surface area contributed by atoms with Crippen LogP contribution in [0.25, 0.3) is 0 Å². The van der Waals surface area contributed by atoms with Crippen molar-refractivity contribution in [1.29, 1.82) is 0 Å². The van der Waals surface area contributed by atoms with Crippen molar-refractivity contribution < 1.29 is 9.84 Å². The molecular formula is C18H29N3O2S. The van der Waals surface area contributed by atoms with E-state index in [4.69, 9.17) is 4.74 Å². The molecule has 2 bridgehead atoms. The van der Waals surface area contributed by atoms with Crippen LogP contribution in [0.3, 0.4) is 0 Å². The van der Waals surface area contributed by atoms with Gasteiger partial charge in [-0.25, -0.2) is 4.98 Å². The van der Waals surface area contributed by atoms with Gasteiger partial charge in [-0.15, -0.1) is 11.3 Å². The van der Waals surface area contributed by atoms with Gasteiger partial charge in [0.2, 0.25) is 0 Å². The first-order chi connectivity index (χ1) is 11.8. The fourth-order valence-electron chi connectivity index (χ4n) is 4.59. The van der Waals surface area contributed by atoms with Crippen LogP contribution in [0.5, 0.6) is 0 Å². The van der Waals surface area contributed by atoms with Crippen molar-refractivity contribution in [2.75, 3.05) is 31.1 Å². The monoisotopic (exact) mass is 351 g/mol. The fourth-order valence-corrected chi connectivity index (χ4v) is 5.25. The maximum absolute atomic E-state index is 10.5. The summed E-state index contributed by atoms with van der Waals surface area (Å²) in [5.74, 6) is 0. The summed E-state index contributed by atoms with van der Waals surface area (Å²) < 4.78 is 5.96. The summed E-state index contributed by atoms with van der Waals surface area (Å²) in [7, 11) is 0. The largest absolute Gasteiger partial charge is 0.389 e. The van der Waals surface area contributed by atoms with Gasteiger partial charge in [-0.1, -0.05) is 19.3 Å². The van der Waals surface area contributed by atoms with E-state index in [0.29, 0.717) is 24.8 Å². The Labute approximate surface area is 148 Å². The molecule has 0 unspecified atom stereocenters. The Hall–Kier alpha value is -0.690. The van der Waals surface area contributed by atoms with Crippen LogP contribution in [0.2, 0.25) is 0 Å². The van der Waals surface area contributed by atoms with E-state index in [-0.39, 0.29) is 6.10 Å². The molecule has 0 radical (unpaired) electrons. The lowest BCUT2D eigenvalue weighted by Gasteiger charge is -2.41. The summed E-state index contributed by atoms with van der Waals surface area (Å²) >= 11 is 1.73. The molecule has 4 rings (SSSR count). The van der Waals surface area contributed by atoms with E-state index in [2.05, 4.69) is 20.2 Å². The molecule has 1 aromatic rings. The molecule has 24 heavy (non-hydrogen) atoms. The Bertz CT molecular complexity index is 492. The zero-order valence-corrected chi connectivity index (χ0v) is 15.2. The maximum atomic E-state index is 10.5. The van der Waals surface area contributed by atoms with Gasteiger partial charge in [-0.3, -0.25) is 4.90 Å². The molecule has 0 aromatic carbocycles. The molecule has 6 heteroatoms. The maximum Gasteiger partial charge on any atom is 0.185 e. The van der Waals surface area contributed by atoms with Crippen LogP contribution in [0.1, 0.15) is 44.9 Å². The summed E-state index contributed by atoms with van der Waals surface area (Å²) in [6.07, 6.45) is 10.6. The molecule has 2 saturated heterocycles. The second-order valence-corrected chi connectivity index (χ2v) is 8.42. The SMILES string of the molecule is O[C@@H](COC1CCCCC1)CN1[C@@H]2CC[C@H]1CN(c1nccs1)C2. The van der Waals surface area contributed by atoms with Gasteiger partial charge in [-0.2, -0.15) is 0 Å². The van der Waals surface area contributed by atoms with Crippen molar-refractivity contribution in [1.82, 2.24) is 9.88 Å². The van der Waals surface area contributed by atoms with Crippen molar-refractivity contribution in [3.05, 3.63) is 11.6 Å². The van der Waals surface area contributed by atoms with E-state index >= 15 is 0 Å². The Morgan fingerprint density at radius 3 is 2.58 bits per heavy atom. The average Bonchev–Trinajstić information content (AvgIpc) is 3.21. The number of nitrogens with zero attached hydrogens (tertiary/aromatic N) is 3. The summed E-state index contributed by atoms with van der Waals surface area (Å²) in [6, 6.07) is 1.11.